The van der Waals surface area contributed by atoms with Crippen molar-refractivity contribution in [3.05, 3.63) is 0 Å². The molecule has 27 heavy (non-hydrogen) atoms. The van der Waals surface area contributed by atoms with Crippen molar-refractivity contribution < 1.29 is 32.3 Å². The van der Waals surface area contributed by atoms with E-state index in [0.29, 0.717) is 0 Å². The standard InChI is InChI=1S/C17H28F3N3O4/c1-7-11-10-22(8-9-23(11)13(25)17(18,19)20)12(24)16(5,6)21-14(26)27-15(2,3)4/h11H,7-10H2,1-6H3,(H,21,26). The number of hydrogen-bond donors (Lipinski definition) is 1. The normalized spacial score (nSPS) is 18.9. The lowest BCUT2D eigenvalue weighted by Gasteiger charge is -2.43. The first-order valence-electron chi connectivity index (χ1n) is 8.77. The predicted octanol–water partition coefficient (Wildman–Crippen LogP) is 2.30. The van der Waals surface area contributed by atoms with Gasteiger partial charge in [0.05, 0.1) is 0 Å². The molecule has 0 spiro atoms. The molecule has 1 aliphatic heterocycles. The Morgan fingerprint density at radius 3 is 2.04 bits per heavy atom. The van der Waals surface area contributed by atoms with Crippen LogP contribution in [0.4, 0.5) is 18.0 Å². The number of nitrogens with zero attached hydrogens (tertiary/aromatic N) is 2. The molecule has 1 heterocycles. The van der Waals surface area contributed by atoms with E-state index in [-0.39, 0.29) is 26.1 Å². The smallest absolute Gasteiger partial charge is 0.444 e. The van der Waals surface area contributed by atoms with Gasteiger partial charge in [0.2, 0.25) is 5.91 Å². The number of ether oxygens (including phenoxy) is 1. The van der Waals surface area contributed by atoms with Gasteiger partial charge in [-0.1, -0.05) is 6.92 Å². The Morgan fingerprint density at radius 2 is 1.59 bits per heavy atom. The van der Waals surface area contributed by atoms with Gasteiger partial charge in [0.1, 0.15) is 11.1 Å². The van der Waals surface area contributed by atoms with Crippen LogP contribution < -0.4 is 5.32 Å². The fourth-order valence-corrected chi connectivity index (χ4v) is 2.83. The third-order valence-electron chi connectivity index (χ3n) is 4.09. The minimum absolute atomic E-state index is 0.0312. The van der Waals surface area contributed by atoms with Crippen molar-refractivity contribution in [2.45, 2.75) is 71.3 Å². The Bertz CT molecular complexity index is 585. The van der Waals surface area contributed by atoms with Crippen LogP contribution in [-0.4, -0.2) is 70.7 Å². The van der Waals surface area contributed by atoms with Crippen molar-refractivity contribution in [2.75, 3.05) is 19.6 Å². The molecule has 7 nitrogen and oxygen atoms in total. The second-order valence-corrected chi connectivity index (χ2v) is 8.06. The SMILES string of the molecule is CCC1CN(C(=O)C(C)(C)NC(=O)OC(C)(C)C)CCN1C(=O)C(F)(F)F. The van der Waals surface area contributed by atoms with Crippen molar-refractivity contribution in [3.8, 4) is 0 Å². The summed E-state index contributed by atoms with van der Waals surface area (Å²) in [6, 6.07) is -0.742. The Kier molecular flexibility index (Phi) is 6.77. The highest BCUT2D eigenvalue weighted by molar-refractivity contribution is 5.89. The second-order valence-electron chi connectivity index (χ2n) is 8.06. The molecule has 0 aromatic heterocycles. The van der Waals surface area contributed by atoms with E-state index in [4.69, 9.17) is 4.74 Å². The lowest BCUT2D eigenvalue weighted by molar-refractivity contribution is -0.190. The largest absolute Gasteiger partial charge is 0.471 e. The number of alkyl carbamates (subject to hydrolysis) is 1. The van der Waals surface area contributed by atoms with Crippen molar-refractivity contribution in [3.63, 3.8) is 0 Å². The van der Waals surface area contributed by atoms with E-state index < -0.39 is 41.3 Å². The molecule has 1 unspecified atom stereocenters. The maximum absolute atomic E-state index is 12.8. The molecule has 1 aliphatic rings. The number of hydrogen-bond acceptors (Lipinski definition) is 4. The molecule has 1 saturated heterocycles. The van der Waals surface area contributed by atoms with Gasteiger partial charge in [-0.05, 0) is 41.0 Å². The molecule has 0 aliphatic carbocycles. The molecular formula is C17H28F3N3O4. The van der Waals surface area contributed by atoms with E-state index in [0.717, 1.165) is 4.90 Å². The minimum atomic E-state index is -4.95. The number of carbonyl (C=O) groups is 3. The zero-order valence-corrected chi connectivity index (χ0v) is 16.6. The van der Waals surface area contributed by atoms with Crippen molar-refractivity contribution in [1.29, 1.82) is 0 Å². The highest BCUT2D eigenvalue weighted by Crippen LogP contribution is 2.24. The average molecular weight is 395 g/mol. The summed E-state index contributed by atoms with van der Waals surface area (Å²) in [5.74, 6) is -2.35. The molecule has 1 fully saturated rings. The van der Waals surface area contributed by atoms with Gasteiger partial charge >= 0.3 is 18.2 Å². The lowest BCUT2D eigenvalue weighted by atomic mass is 10.0. The summed E-state index contributed by atoms with van der Waals surface area (Å²) in [6.07, 6.45) is -5.44. The third kappa shape index (κ3) is 6.28. The molecule has 1 atom stereocenters. The minimum Gasteiger partial charge on any atom is -0.444 e. The van der Waals surface area contributed by atoms with E-state index in [1.54, 1.807) is 27.7 Å². The number of piperazine rings is 1. The zero-order valence-electron chi connectivity index (χ0n) is 16.6. The summed E-state index contributed by atoms with van der Waals surface area (Å²) in [5, 5.41) is 2.49. The number of amides is 3. The topological polar surface area (TPSA) is 79.0 Å². The number of alkyl halides is 3. The number of carbonyl (C=O) groups excluding carboxylic acids is 3. The fourth-order valence-electron chi connectivity index (χ4n) is 2.83. The summed E-state index contributed by atoms with van der Waals surface area (Å²) < 4.78 is 43.3. The molecule has 0 radical (unpaired) electrons. The lowest BCUT2D eigenvalue weighted by Crippen LogP contribution is -2.63. The summed E-state index contributed by atoms with van der Waals surface area (Å²) in [6.45, 7) is 9.40. The molecule has 0 aromatic carbocycles. The number of rotatable bonds is 3. The monoisotopic (exact) mass is 395 g/mol. The van der Waals surface area contributed by atoms with Gasteiger partial charge in [0.15, 0.2) is 0 Å². The van der Waals surface area contributed by atoms with Crippen LogP contribution in [0, 0.1) is 0 Å². The molecular weight excluding hydrogens is 367 g/mol. The van der Waals surface area contributed by atoms with E-state index in [9.17, 15) is 27.6 Å². The van der Waals surface area contributed by atoms with E-state index in [1.807, 2.05) is 0 Å². The van der Waals surface area contributed by atoms with Gasteiger partial charge in [0.25, 0.3) is 0 Å². The molecule has 156 valence electrons. The summed E-state index contributed by atoms with van der Waals surface area (Å²) in [4.78, 5) is 38.4. The molecule has 0 saturated carbocycles. The third-order valence-corrected chi connectivity index (χ3v) is 4.09. The predicted molar refractivity (Wildman–Crippen MR) is 91.9 cm³/mol. The van der Waals surface area contributed by atoms with Crippen LogP contribution in [0.25, 0.3) is 0 Å². The molecule has 0 aromatic rings. The van der Waals surface area contributed by atoms with Crippen LogP contribution in [0.2, 0.25) is 0 Å². The number of nitrogens with one attached hydrogen (secondary N) is 1. The van der Waals surface area contributed by atoms with Gasteiger partial charge < -0.3 is 19.9 Å². The Balaban J connectivity index is 2.82. The fraction of sp³-hybridized carbons (Fsp3) is 0.824. The first-order chi connectivity index (χ1) is 12.1. The zero-order chi connectivity index (χ0) is 21.2. The molecule has 1 N–H and O–H groups in total. The maximum Gasteiger partial charge on any atom is 0.471 e. The van der Waals surface area contributed by atoms with E-state index in [2.05, 4.69) is 5.32 Å². The van der Waals surface area contributed by atoms with E-state index >= 15 is 0 Å². The van der Waals surface area contributed by atoms with Crippen molar-refractivity contribution >= 4 is 17.9 Å². The maximum atomic E-state index is 12.8. The van der Waals surface area contributed by atoms with Gasteiger partial charge in [-0.2, -0.15) is 13.2 Å². The Hall–Kier alpha value is -2.00. The van der Waals surface area contributed by atoms with Gasteiger partial charge in [-0.15, -0.1) is 0 Å². The van der Waals surface area contributed by atoms with Crippen LogP contribution in [0.5, 0.6) is 0 Å². The summed E-state index contributed by atoms with van der Waals surface area (Å²) in [5.41, 5.74) is -2.04. The molecule has 10 heteroatoms. The first kappa shape index (κ1) is 23.0. The average Bonchev–Trinajstić information content (AvgIpc) is 2.49. The van der Waals surface area contributed by atoms with Crippen LogP contribution in [-0.2, 0) is 14.3 Å². The molecule has 3 amide bonds. The highest BCUT2D eigenvalue weighted by Gasteiger charge is 2.47. The van der Waals surface area contributed by atoms with Crippen LogP contribution >= 0.6 is 0 Å². The number of halogens is 3. The van der Waals surface area contributed by atoms with E-state index in [1.165, 1.54) is 18.7 Å². The first-order valence-corrected chi connectivity index (χ1v) is 8.77. The Morgan fingerprint density at radius 1 is 1.04 bits per heavy atom. The molecule has 0 bridgehead atoms. The Labute approximate surface area is 157 Å². The molecule has 1 rings (SSSR count). The van der Waals surface area contributed by atoms with Crippen LogP contribution in [0.15, 0.2) is 0 Å². The quantitative estimate of drug-likeness (QED) is 0.795. The van der Waals surface area contributed by atoms with Gasteiger partial charge in [-0.3, -0.25) is 9.59 Å². The van der Waals surface area contributed by atoms with Crippen molar-refractivity contribution in [2.24, 2.45) is 0 Å². The van der Waals surface area contributed by atoms with Gasteiger partial charge in [0, 0.05) is 25.7 Å². The van der Waals surface area contributed by atoms with Gasteiger partial charge in [-0.25, -0.2) is 4.79 Å². The summed E-state index contributed by atoms with van der Waals surface area (Å²) >= 11 is 0. The van der Waals surface area contributed by atoms with Crippen LogP contribution in [0.1, 0.15) is 48.0 Å². The highest BCUT2D eigenvalue weighted by atomic mass is 19.4. The second kappa shape index (κ2) is 7.93. The summed E-state index contributed by atoms with van der Waals surface area (Å²) in [7, 11) is 0. The van der Waals surface area contributed by atoms with Crippen LogP contribution in [0.3, 0.4) is 0 Å². The van der Waals surface area contributed by atoms with Crippen molar-refractivity contribution in [1.82, 2.24) is 15.1 Å².